The van der Waals surface area contributed by atoms with E-state index in [1.807, 2.05) is 29.2 Å². The van der Waals surface area contributed by atoms with E-state index in [2.05, 4.69) is 11.9 Å². The van der Waals surface area contributed by atoms with E-state index < -0.39 is 0 Å². The van der Waals surface area contributed by atoms with E-state index in [1.165, 1.54) is 17.8 Å². The van der Waals surface area contributed by atoms with Crippen molar-refractivity contribution in [3.8, 4) is 5.19 Å². The molecule has 3 rings (SSSR count). The number of hydrogen-bond donors (Lipinski definition) is 0. The summed E-state index contributed by atoms with van der Waals surface area (Å²) in [5.41, 5.74) is 0.925. The molecule has 0 radical (unpaired) electrons. The van der Waals surface area contributed by atoms with Gasteiger partial charge in [0, 0.05) is 12.6 Å². The smallest absolute Gasteiger partial charge is 0.274 e. The minimum Gasteiger partial charge on any atom is -0.460 e. The second-order valence-corrected chi connectivity index (χ2v) is 6.37. The van der Waals surface area contributed by atoms with Gasteiger partial charge in [-0.1, -0.05) is 30.4 Å². The molecule has 0 spiro atoms. The van der Waals surface area contributed by atoms with Crippen LogP contribution >= 0.6 is 11.3 Å². The largest absolute Gasteiger partial charge is 0.460 e. The SMILES string of the molecule is CCC1CCCCN1C(=O)COc1nc2ccccc2s1. The molecule has 1 aliphatic heterocycles. The number of nitrogens with zero attached hydrogens (tertiary/aromatic N) is 2. The third-order valence-electron chi connectivity index (χ3n) is 4.01. The molecule has 1 saturated heterocycles. The van der Waals surface area contributed by atoms with Crippen molar-refractivity contribution in [1.29, 1.82) is 0 Å². The Morgan fingerprint density at radius 2 is 2.29 bits per heavy atom. The van der Waals surface area contributed by atoms with Crippen LogP contribution in [0.3, 0.4) is 0 Å². The number of amides is 1. The molecular formula is C16H20N2O2S. The number of piperidine rings is 1. The van der Waals surface area contributed by atoms with Gasteiger partial charge in [0.2, 0.25) is 0 Å². The van der Waals surface area contributed by atoms with Crippen molar-refractivity contribution < 1.29 is 9.53 Å². The van der Waals surface area contributed by atoms with Crippen LogP contribution in [0.2, 0.25) is 0 Å². The van der Waals surface area contributed by atoms with Gasteiger partial charge in [-0.2, -0.15) is 0 Å². The molecule has 1 aliphatic rings. The molecule has 0 bridgehead atoms. The van der Waals surface area contributed by atoms with Gasteiger partial charge in [-0.25, -0.2) is 4.98 Å². The summed E-state index contributed by atoms with van der Waals surface area (Å²) in [6.45, 7) is 3.10. The van der Waals surface area contributed by atoms with Crippen LogP contribution in [0.25, 0.3) is 10.2 Å². The van der Waals surface area contributed by atoms with Crippen molar-refractivity contribution in [3.05, 3.63) is 24.3 Å². The number of aromatic nitrogens is 1. The van der Waals surface area contributed by atoms with Gasteiger partial charge in [-0.3, -0.25) is 4.79 Å². The molecule has 0 saturated carbocycles. The third-order valence-corrected chi connectivity index (χ3v) is 4.96. The number of carbonyl (C=O) groups is 1. The van der Waals surface area contributed by atoms with Crippen LogP contribution in [0, 0.1) is 0 Å². The Morgan fingerprint density at radius 1 is 1.43 bits per heavy atom. The lowest BCUT2D eigenvalue weighted by molar-refractivity contribution is -0.137. The van der Waals surface area contributed by atoms with Crippen molar-refractivity contribution >= 4 is 27.5 Å². The number of likely N-dealkylation sites (tertiary alicyclic amines) is 1. The third kappa shape index (κ3) is 3.18. The monoisotopic (exact) mass is 304 g/mol. The minimum absolute atomic E-state index is 0.0841. The normalized spacial score (nSPS) is 18.9. The highest BCUT2D eigenvalue weighted by Gasteiger charge is 2.25. The highest BCUT2D eigenvalue weighted by molar-refractivity contribution is 7.20. The molecule has 21 heavy (non-hydrogen) atoms. The zero-order chi connectivity index (χ0) is 14.7. The zero-order valence-corrected chi connectivity index (χ0v) is 13.1. The Hall–Kier alpha value is -1.62. The van der Waals surface area contributed by atoms with Gasteiger partial charge in [0.05, 0.1) is 10.2 Å². The predicted octanol–water partition coefficient (Wildman–Crippen LogP) is 3.47. The number of para-hydroxylation sites is 1. The predicted molar refractivity (Wildman–Crippen MR) is 84.8 cm³/mol. The van der Waals surface area contributed by atoms with E-state index in [9.17, 15) is 4.79 Å². The molecule has 2 heterocycles. The topological polar surface area (TPSA) is 42.4 Å². The second-order valence-electron chi connectivity index (χ2n) is 5.38. The van der Waals surface area contributed by atoms with Crippen LogP contribution in [0.15, 0.2) is 24.3 Å². The van der Waals surface area contributed by atoms with Gasteiger partial charge in [0.25, 0.3) is 11.1 Å². The molecule has 1 aromatic heterocycles. The van der Waals surface area contributed by atoms with Crippen LogP contribution in [0.4, 0.5) is 0 Å². The number of rotatable bonds is 4. The fourth-order valence-electron chi connectivity index (χ4n) is 2.87. The van der Waals surface area contributed by atoms with Crippen LogP contribution < -0.4 is 4.74 Å². The average molecular weight is 304 g/mol. The second kappa shape index (κ2) is 6.43. The summed E-state index contributed by atoms with van der Waals surface area (Å²) >= 11 is 1.49. The quantitative estimate of drug-likeness (QED) is 0.868. The van der Waals surface area contributed by atoms with Gasteiger partial charge in [-0.15, -0.1) is 0 Å². The van der Waals surface area contributed by atoms with Crippen molar-refractivity contribution in [3.63, 3.8) is 0 Å². The first-order chi connectivity index (χ1) is 10.3. The summed E-state index contributed by atoms with van der Waals surface area (Å²) in [7, 11) is 0. The number of fused-ring (bicyclic) bond motifs is 1. The summed E-state index contributed by atoms with van der Waals surface area (Å²) in [5, 5.41) is 0.578. The molecule has 1 aromatic carbocycles. The van der Waals surface area contributed by atoms with Crippen molar-refractivity contribution in [1.82, 2.24) is 9.88 Å². The fraction of sp³-hybridized carbons (Fsp3) is 0.500. The summed E-state index contributed by atoms with van der Waals surface area (Å²) < 4.78 is 6.70. The zero-order valence-electron chi connectivity index (χ0n) is 12.2. The maximum Gasteiger partial charge on any atom is 0.274 e. The van der Waals surface area contributed by atoms with Crippen LogP contribution in [-0.4, -0.2) is 35.0 Å². The number of thiazole rings is 1. The molecule has 1 unspecified atom stereocenters. The summed E-state index contributed by atoms with van der Waals surface area (Å²) in [4.78, 5) is 18.7. The molecule has 5 heteroatoms. The molecule has 1 atom stereocenters. The van der Waals surface area contributed by atoms with Crippen LogP contribution in [0.1, 0.15) is 32.6 Å². The van der Waals surface area contributed by atoms with Gasteiger partial charge in [0.15, 0.2) is 6.61 Å². The molecule has 1 amide bonds. The standard InChI is InChI=1S/C16H20N2O2S/c1-2-12-7-5-6-10-18(12)15(19)11-20-16-17-13-8-3-4-9-14(13)21-16/h3-4,8-9,12H,2,5-7,10-11H2,1H3. The van der Waals surface area contributed by atoms with E-state index in [0.29, 0.717) is 11.2 Å². The Bertz CT molecular complexity index is 593. The Balaban J connectivity index is 1.62. The van der Waals surface area contributed by atoms with Crippen LogP contribution in [0.5, 0.6) is 5.19 Å². The van der Waals surface area contributed by atoms with E-state index in [0.717, 1.165) is 36.0 Å². The molecule has 0 N–H and O–H groups in total. The highest BCUT2D eigenvalue weighted by Crippen LogP contribution is 2.27. The van der Waals surface area contributed by atoms with E-state index in [4.69, 9.17) is 4.74 Å². The fourth-order valence-corrected chi connectivity index (χ4v) is 3.69. The van der Waals surface area contributed by atoms with Gasteiger partial charge < -0.3 is 9.64 Å². The first-order valence-corrected chi connectivity index (χ1v) is 8.37. The maximum absolute atomic E-state index is 12.3. The summed E-state index contributed by atoms with van der Waals surface area (Å²) in [5.74, 6) is 0.0841. The Kier molecular flexibility index (Phi) is 4.39. The van der Waals surface area contributed by atoms with E-state index in [1.54, 1.807) is 0 Å². The molecule has 1 fully saturated rings. The summed E-state index contributed by atoms with van der Waals surface area (Å²) in [6.07, 6.45) is 4.46. The number of carbonyl (C=O) groups excluding carboxylic acids is 1. The number of benzene rings is 1. The van der Waals surface area contributed by atoms with E-state index in [-0.39, 0.29) is 12.5 Å². The molecule has 112 valence electrons. The molecular weight excluding hydrogens is 284 g/mol. The van der Waals surface area contributed by atoms with Crippen molar-refractivity contribution in [2.75, 3.05) is 13.2 Å². The average Bonchev–Trinajstić information content (AvgIpc) is 2.95. The lowest BCUT2D eigenvalue weighted by Gasteiger charge is -2.35. The molecule has 4 nitrogen and oxygen atoms in total. The lowest BCUT2D eigenvalue weighted by atomic mass is 10.00. The van der Waals surface area contributed by atoms with Crippen molar-refractivity contribution in [2.24, 2.45) is 0 Å². The van der Waals surface area contributed by atoms with Gasteiger partial charge >= 0.3 is 0 Å². The van der Waals surface area contributed by atoms with Crippen molar-refractivity contribution in [2.45, 2.75) is 38.6 Å². The highest BCUT2D eigenvalue weighted by atomic mass is 32.1. The molecule has 0 aliphatic carbocycles. The minimum atomic E-state index is 0.0841. The Morgan fingerprint density at radius 3 is 3.10 bits per heavy atom. The first-order valence-electron chi connectivity index (χ1n) is 7.55. The van der Waals surface area contributed by atoms with Gasteiger partial charge in [-0.05, 0) is 37.8 Å². The number of ether oxygens (including phenoxy) is 1. The van der Waals surface area contributed by atoms with Gasteiger partial charge in [0.1, 0.15) is 0 Å². The molecule has 2 aromatic rings. The lowest BCUT2D eigenvalue weighted by Crippen LogP contribution is -2.45. The summed E-state index contributed by atoms with van der Waals surface area (Å²) in [6, 6.07) is 8.29. The first kappa shape index (κ1) is 14.3. The van der Waals surface area contributed by atoms with E-state index >= 15 is 0 Å². The van der Waals surface area contributed by atoms with Crippen LogP contribution in [-0.2, 0) is 4.79 Å². The maximum atomic E-state index is 12.3. The Labute approximate surface area is 128 Å². The number of hydrogen-bond acceptors (Lipinski definition) is 4.